The van der Waals surface area contributed by atoms with Gasteiger partial charge in [0.05, 0.1) is 24.6 Å². The summed E-state index contributed by atoms with van der Waals surface area (Å²) >= 11 is 0. The van der Waals surface area contributed by atoms with Crippen molar-refractivity contribution in [3.8, 4) is 22.7 Å². The molecular formula is C24H25N3O3. The third-order valence-electron chi connectivity index (χ3n) is 5.07. The van der Waals surface area contributed by atoms with Gasteiger partial charge in [-0.25, -0.2) is 4.68 Å². The lowest BCUT2D eigenvalue weighted by molar-refractivity contribution is -0.116. The highest BCUT2D eigenvalue weighted by atomic mass is 16.5. The van der Waals surface area contributed by atoms with Crippen LogP contribution in [0, 0.1) is 0 Å². The number of amides is 1. The number of para-hydroxylation sites is 1. The van der Waals surface area contributed by atoms with E-state index in [1.54, 1.807) is 19.3 Å². The number of nitrogens with zero attached hydrogens (tertiary/aromatic N) is 2. The number of hydrogen-bond acceptors (Lipinski definition) is 4. The first-order valence-electron chi connectivity index (χ1n) is 10.1. The molecule has 1 aromatic heterocycles. The topological polar surface area (TPSA) is 65.4 Å². The molecule has 1 N–H and O–H groups in total. The van der Waals surface area contributed by atoms with E-state index in [-0.39, 0.29) is 12.0 Å². The molecule has 0 spiro atoms. The van der Waals surface area contributed by atoms with Crippen LogP contribution in [-0.2, 0) is 9.53 Å². The Morgan fingerprint density at radius 3 is 2.73 bits per heavy atom. The Morgan fingerprint density at radius 1 is 1.23 bits per heavy atom. The monoisotopic (exact) mass is 403 g/mol. The highest BCUT2D eigenvalue weighted by molar-refractivity contribution is 5.92. The number of aromatic nitrogens is 2. The van der Waals surface area contributed by atoms with Crippen LogP contribution in [0.3, 0.4) is 0 Å². The number of benzene rings is 2. The van der Waals surface area contributed by atoms with Gasteiger partial charge in [0.2, 0.25) is 5.91 Å². The number of ether oxygens (including phenoxy) is 2. The minimum atomic E-state index is -0.140. The van der Waals surface area contributed by atoms with Gasteiger partial charge >= 0.3 is 0 Å². The van der Waals surface area contributed by atoms with Crippen molar-refractivity contribution in [2.24, 2.45) is 0 Å². The molecular weight excluding hydrogens is 378 g/mol. The summed E-state index contributed by atoms with van der Waals surface area (Å²) < 4.78 is 12.6. The summed E-state index contributed by atoms with van der Waals surface area (Å²) in [5.74, 6) is 0.644. The second-order valence-electron chi connectivity index (χ2n) is 7.16. The van der Waals surface area contributed by atoms with E-state index < -0.39 is 0 Å². The first-order valence-corrected chi connectivity index (χ1v) is 10.1. The molecule has 1 amide bonds. The molecule has 1 aliphatic heterocycles. The molecule has 1 atom stereocenters. The minimum absolute atomic E-state index is 0.123. The van der Waals surface area contributed by atoms with Crippen LogP contribution in [0.5, 0.6) is 5.75 Å². The summed E-state index contributed by atoms with van der Waals surface area (Å²) in [5, 5.41) is 7.68. The predicted octanol–water partition coefficient (Wildman–Crippen LogP) is 3.86. The van der Waals surface area contributed by atoms with Crippen LogP contribution in [-0.4, -0.2) is 42.1 Å². The van der Waals surface area contributed by atoms with E-state index in [9.17, 15) is 4.79 Å². The zero-order valence-electron chi connectivity index (χ0n) is 17.0. The third-order valence-corrected chi connectivity index (χ3v) is 5.07. The van der Waals surface area contributed by atoms with Crippen LogP contribution in [0.4, 0.5) is 0 Å². The van der Waals surface area contributed by atoms with E-state index in [2.05, 4.69) is 5.32 Å². The minimum Gasteiger partial charge on any atom is -0.497 e. The van der Waals surface area contributed by atoms with Crippen molar-refractivity contribution in [3.63, 3.8) is 0 Å². The van der Waals surface area contributed by atoms with Gasteiger partial charge < -0.3 is 14.8 Å². The van der Waals surface area contributed by atoms with Gasteiger partial charge in [-0.1, -0.05) is 18.2 Å². The van der Waals surface area contributed by atoms with Crippen molar-refractivity contribution in [1.82, 2.24) is 15.1 Å². The van der Waals surface area contributed by atoms with Crippen molar-refractivity contribution in [1.29, 1.82) is 0 Å². The summed E-state index contributed by atoms with van der Waals surface area (Å²) in [4.78, 5) is 12.3. The molecule has 1 saturated heterocycles. The Labute approximate surface area is 176 Å². The van der Waals surface area contributed by atoms with Crippen LogP contribution in [0.25, 0.3) is 23.0 Å². The molecule has 0 radical (unpaired) electrons. The summed E-state index contributed by atoms with van der Waals surface area (Å²) in [5.41, 5.74) is 3.56. The van der Waals surface area contributed by atoms with Crippen molar-refractivity contribution >= 4 is 12.0 Å². The van der Waals surface area contributed by atoms with Gasteiger partial charge in [-0.2, -0.15) is 5.10 Å². The molecule has 6 nitrogen and oxygen atoms in total. The molecule has 2 heterocycles. The summed E-state index contributed by atoms with van der Waals surface area (Å²) in [6.07, 6.45) is 7.46. The zero-order valence-corrected chi connectivity index (χ0v) is 17.0. The zero-order chi connectivity index (χ0) is 20.8. The maximum atomic E-state index is 12.3. The van der Waals surface area contributed by atoms with E-state index in [4.69, 9.17) is 14.6 Å². The van der Waals surface area contributed by atoms with E-state index in [1.807, 2.05) is 65.5 Å². The molecule has 0 saturated carbocycles. The molecule has 2 aromatic carbocycles. The van der Waals surface area contributed by atoms with Gasteiger partial charge in [-0.05, 0) is 55.3 Å². The van der Waals surface area contributed by atoms with Gasteiger partial charge in [0, 0.05) is 36.6 Å². The molecule has 1 unspecified atom stereocenters. The lowest BCUT2D eigenvalue weighted by Gasteiger charge is -2.08. The van der Waals surface area contributed by atoms with E-state index >= 15 is 0 Å². The molecule has 154 valence electrons. The van der Waals surface area contributed by atoms with Crippen molar-refractivity contribution in [2.45, 2.75) is 18.9 Å². The van der Waals surface area contributed by atoms with Gasteiger partial charge in [0.1, 0.15) is 5.75 Å². The van der Waals surface area contributed by atoms with Crippen molar-refractivity contribution in [3.05, 3.63) is 72.4 Å². The van der Waals surface area contributed by atoms with Crippen molar-refractivity contribution in [2.75, 3.05) is 20.3 Å². The fraction of sp³-hybridized carbons (Fsp3) is 0.250. The maximum Gasteiger partial charge on any atom is 0.244 e. The van der Waals surface area contributed by atoms with Gasteiger partial charge in [0.25, 0.3) is 0 Å². The normalized spacial score (nSPS) is 16.1. The summed E-state index contributed by atoms with van der Waals surface area (Å²) in [7, 11) is 1.64. The molecule has 0 aliphatic carbocycles. The van der Waals surface area contributed by atoms with Crippen LogP contribution >= 0.6 is 0 Å². The Balaban J connectivity index is 1.57. The first-order chi connectivity index (χ1) is 14.7. The van der Waals surface area contributed by atoms with Gasteiger partial charge in [0.15, 0.2) is 0 Å². The number of carbonyl (C=O) groups is 1. The highest BCUT2D eigenvalue weighted by Gasteiger charge is 2.16. The number of methoxy groups -OCH3 is 1. The van der Waals surface area contributed by atoms with Crippen LogP contribution in [0.15, 0.2) is 66.9 Å². The average Bonchev–Trinajstić information content (AvgIpc) is 3.47. The summed E-state index contributed by atoms with van der Waals surface area (Å²) in [6, 6.07) is 17.6. The summed E-state index contributed by atoms with van der Waals surface area (Å²) in [6.45, 7) is 1.32. The van der Waals surface area contributed by atoms with Crippen molar-refractivity contribution < 1.29 is 14.3 Å². The Bertz CT molecular complexity index is 1000. The molecule has 1 fully saturated rings. The second-order valence-corrected chi connectivity index (χ2v) is 7.16. The lowest BCUT2D eigenvalue weighted by Crippen LogP contribution is -2.30. The van der Waals surface area contributed by atoms with E-state index in [0.717, 1.165) is 47.7 Å². The van der Waals surface area contributed by atoms with Crippen LogP contribution < -0.4 is 10.1 Å². The number of hydrogen-bond donors (Lipinski definition) is 1. The fourth-order valence-corrected chi connectivity index (χ4v) is 3.44. The Kier molecular flexibility index (Phi) is 6.25. The average molecular weight is 403 g/mol. The smallest absolute Gasteiger partial charge is 0.244 e. The van der Waals surface area contributed by atoms with E-state index in [0.29, 0.717) is 6.54 Å². The quantitative estimate of drug-likeness (QED) is 0.609. The molecule has 30 heavy (non-hydrogen) atoms. The number of carbonyl (C=O) groups excluding carboxylic acids is 1. The second kappa shape index (κ2) is 9.41. The van der Waals surface area contributed by atoms with Gasteiger partial charge in [-0.15, -0.1) is 0 Å². The maximum absolute atomic E-state index is 12.3. The fourth-order valence-electron chi connectivity index (χ4n) is 3.44. The Hall–Kier alpha value is -3.38. The Morgan fingerprint density at radius 2 is 2.03 bits per heavy atom. The van der Waals surface area contributed by atoms with E-state index in [1.165, 1.54) is 0 Å². The molecule has 4 rings (SSSR count). The molecule has 0 bridgehead atoms. The third kappa shape index (κ3) is 4.78. The lowest BCUT2D eigenvalue weighted by atomic mass is 10.1. The van der Waals surface area contributed by atoms with Gasteiger partial charge in [-0.3, -0.25) is 4.79 Å². The standard InChI is InChI=1S/C24H25N3O3/c1-29-21-12-9-18(10-13-21)24-19(17-27(26-24)20-6-3-2-4-7-20)11-14-23(28)25-16-22-8-5-15-30-22/h2-4,6-7,9-14,17,22H,5,8,15-16H2,1H3,(H,25,28)/b14-11+. The number of nitrogens with one attached hydrogen (secondary N) is 1. The van der Waals surface area contributed by atoms with Crippen LogP contribution in [0.2, 0.25) is 0 Å². The largest absolute Gasteiger partial charge is 0.497 e. The molecule has 1 aliphatic rings. The SMILES string of the molecule is COc1ccc(-c2nn(-c3ccccc3)cc2/C=C/C(=O)NCC2CCCO2)cc1. The first kappa shape index (κ1) is 19.9. The number of rotatable bonds is 7. The molecule has 6 heteroatoms. The van der Waals surface area contributed by atoms with Crippen LogP contribution in [0.1, 0.15) is 18.4 Å². The predicted molar refractivity (Wildman–Crippen MR) is 117 cm³/mol. The molecule has 3 aromatic rings. The highest BCUT2D eigenvalue weighted by Crippen LogP contribution is 2.26.